The largest absolute Gasteiger partial charge is 0.300 e. The quantitative estimate of drug-likeness (QED) is 0.513. The van der Waals surface area contributed by atoms with Crippen LogP contribution in [0.2, 0.25) is 39.3 Å². The molecular formula is C11H27NSi2. The van der Waals surface area contributed by atoms with Gasteiger partial charge in [-0.25, -0.2) is 0 Å². The molecule has 0 N–H and O–H groups in total. The highest BCUT2D eigenvalue weighted by atomic mass is 28.4. The summed E-state index contributed by atoms with van der Waals surface area (Å²) in [6.07, 6.45) is 2.15. The Labute approximate surface area is 92.0 Å². The highest BCUT2D eigenvalue weighted by Crippen LogP contribution is 2.22. The Kier molecular flexibility index (Phi) is 4.79. The summed E-state index contributed by atoms with van der Waals surface area (Å²) in [5.41, 5.74) is 0. The maximum atomic E-state index is 4.86. The van der Waals surface area contributed by atoms with E-state index in [0.29, 0.717) is 11.2 Å². The topological polar surface area (TPSA) is 12.4 Å². The van der Waals surface area contributed by atoms with Crippen LogP contribution >= 0.6 is 0 Å². The number of hydrogen-bond donors (Lipinski definition) is 0. The molecule has 0 aromatic heterocycles. The lowest BCUT2D eigenvalue weighted by Crippen LogP contribution is -2.52. The van der Waals surface area contributed by atoms with Crippen LogP contribution in [-0.2, 0) is 0 Å². The zero-order chi connectivity index (χ0) is 11.6. The maximum absolute atomic E-state index is 4.86. The minimum Gasteiger partial charge on any atom is -0.300 e. The van der Waals surface area contributed by atoms with Crippen LogP contribution < -0.4 is 0 Å². The van der Waals surface area contributed by atoms with E-state index in [1.165, 1.54) is 0 Å². The van der Waals surface area contributed by atoms with Gasteiger partial charge in [0.25, 0.3) is 0 Å². The van der Waals surface area contributed by atoms with Crippen molar-refractivity contribution in [1.82, 2.24) is 0 Å². The fourth-order valence-electron chi connectivity index (χ4n) is 2.00. The van der Waals surface area contributed by atoms with Crippen LogP contribution in [0.15, 0.2) is 4.99 Å². The molecule has 0 bridgehead atoms. The summed E-state index contributed by atoms with van der Waals surface area (Å²) in [6, 6.07) is 0. The van der Waals surface area contributed by atoms with Gasteiger partial charge in [0.05, 0.1) is 16.1 Å². The molecule has 0 atom stereocenters. The monoisotopic (exact) mass is 229 g/mol. The van der Waals surface area contributed by atoms with Crippen molar-refractivity contribution in [3.63, 3.8) is 0 Å². The predicted molar refractivity (Wildman–Crippen MR) is 73.8 cm³/mol. The number of hydrogen-bond acceptors (Lipinski definition) is 1. The van der Waals surface area contributed by atoms with Crippen LogP contribution in [0.3, 0.4) is 0 Å². The molecule has 0 aliphatic carbocycles. The first-order chi connectivity index (χ1) is 6.05. The van der Waals surface area contributed by atoms with Crippen molar-refractivity contribution in [3.8, 4) is 0 Å². The van der Waals surface area contributed by atoms with Crippen LogP contribution in [0.4, 0.5) is 0 Å². The van der Waals surface area contributed by atoms with Gasteiger partial charge in [-0.15, -0.1) is 0 Å². The van der Waals surface area contributed by atoms with E-state index in [1.807, 2.05) is 0 Å². The summed E-state index contributed by atoms with van der Waals surface area (Å²) in [4.78, 5) is 4.86. The van der Waals surface area contributed by atoms with E-state index in [-0.39, 0.29) is 0 Å². The van der Waals surface area contributed by atoms with E-state index >= 15 is 0 Å². The second-order valence-corrected chi connectivity index (χ2v) is 17.8. The molecule has 0 unspecified atom stereocenters. The minimum absolute atomic E-state index is 0.588. The average Bonchev–Trinajstić information content (AvgIpc) is 1.78. The molecule has 1 nitrogen and oxygen atoms in total. The second-order valence-electron chi connectivity index (χ2n) is 6.68. The summed E-state index contributed by atoms with van der Waals surface area (Å²) in [5, 5.41) is 0.664. The van der Waals surface area contributed by atoms with Crippen LogP contribution in [0.5, 0.6) is 0 Å². The summed E-state index contributed by atoms with van der Waals surface area (Å²) < 4.78 is 0. The molecule has 0 aliphatic heterocycles. The molecule has 0 saturated carbocycles. The third kappa shape index (κ3) is 5.10. The van der Waals surface area contributed by atoms with Crippen molar-refractivity contribution >= 4 is 22.4 Å². The van der Waals surface area contributed by atoms with Gasteiger partial charge >= 0.3 is 0 Å². The Morgan fingerprint density at radius 1 is 0.857 bits per heavy atom. The smallest absolute Gasteiger partial charge is 0.0693 e. The van der Waals surface area contributed by atoms with Gasteiger partial charge < -0.3 is 4.99 Å². The first-order valence-corrected chi connectivity index (χ1v) is 12.7. The first-order valence-electron chi connectivity index (χ1n) is 5.58. The molecule has 0 saturated heterocycles. The van der Waals surface area contributed by atoms with Gasteiger partial charge in [-0.05, 0) is 5.92 Å². The average molecular weight is 230 g/mol. The summed E-state index contributed by atoms with van der Waals surface area (Å²) in [5.74, 6) is 0.588. The highest BCUT2D eigenvalue weighted by molar-refractivity contribution is 6.96. The van der Waals surface area contributed by atoms with Gasteiger partial charge in [0, 0.05) is 11.5 Å². The van der Waals surface area contributed by atoms with Crippen molar-refractivity contribution in [3.05, 3.63) is 0 Å². The molecule has 0 aromatic carbocycles. The molecule has 0 rings (SSSR count). The molecule has 14 heavy (non-hydrogen) atoms. The Hall–Kier alpha value is 0.104. The van der Waals surface area contributed by atoms with Crippen LogP contribution in [0.25, 0.3) is 0 Å². The predicted octanol–water partition coefficient (Wildman–Crippen LogP) is 3.84. The van der Waals surface area contributed by atoms with Gasteiger partial charge in [0.1, 0.15) is 0 Å². The molecule has 0 amide bonds. The van der Waals surface area contributed by atoms with E-state index in [4.69, 9.17) is 4.99 Å². The van der Waals surface area contributed by atoms with Gasteiger partial charge in [0.15, 0.2) is 0 Å². The standard InChI is InChI=1S/C11H27NSi2/c1-10(2)9-12-11(13(3,4)5)14(6,7)8/h9-11H,1-8H3/b12-9+. The van der Waals surface area contributed by atoms with E-state index in [9.17, 15) is 0 Å². The van der Waals surface area contributed by atoms with E-state index in [0.717, 1.165) is 0 Å². The molecule has 84 valence electrons. The lowest BCUT2D eigenvalue weighted by Gasteiger charge is -2.35. The molecular weight excluding hydrogens is 202 g/mol. The third-order valence-electron chi connectivity index (χ3n) is 2.17. The molecule has 0 heterocycles. The number of aliphatic imine (C=N–C) groups is 1. The zero-order valence-electron chi connectivity index (χ0n) is 11.2. The summed E-state index contributed by atoms with van der Waals surface area (Å²) >= 11 is 0. The number of nitrogens with zero attached hydrogens (tertiary/aromatic N) is 1. The molecule has 0 aliphatic rings. The highest BCUT2D eigenvalue weighted by Gasteiger charge is 2.36. The normalized spacial score (nSPS) is 14.7. The minimum atomic E-state index is -1.13. The van der Waals surface area contributed by atoms with Gasteiger partial charge in [-0.1, -0.05) is 53.1 Å². The third-order valence-corrected chi connectivity index (χ3v) is 10.9. The fraction of sp³-hybridized carbons (Fsp3) is 0.909. The summed E-state index contributed by atoms with van der Waals surface area (Å²) in [6.45, 7) is 19.0. The fourth-order valence-corrected chi connectivity index (χ4v) is 13.5. The lowest BCUT2D eigenvalue weighted by molar-refractivity contribution is 0.896. The Morgan fingerprint density at radius 3 is 1.43 bits per heavy atom. The zero-order valence-corrected chi connectivity index (χ0v) is 13.2. The van der Waals surface area contributed by atoms with Crippen molar-refractivity contribution in [2.75, 3.05) is 0 Å². The van der Waals surface area contributed by atoms with Crippen LogP contribution in [0.1, 0.15) is 13.8 Å². The molecule has 3 heteroatoms. The summed E-state index contributed by atoms with van der Waals surface area (Å²) in [7, 11) is -2.25. The van der Waals surface area contributed by atoms with E-state index in [2.05, 4.69) is 59.3 Å². The Bertz CT molecular complexity index is 182. The van der Waals surface area contributed by atoms with Gasteiger partial charge in [0.2, 0.25) is 0 Å². The Morgan fingerprint density at radius 2 is 1.21 bits per heavy atom. The number of rotatable bonds is 4. The SMILES string of the molecule is CC(C)/C=N/C([Si](C)(C)C)[Si](C)(C)C. The molecule has 0 radical (unpaired) electrons. The van der Waals surface area contributed by atoms with Crippen molar-refractivity contribution in [2.45, 2.75) is 58.4 Å². The maximum Gasteiger partial charge on any atom is 0.0693 e. The van der Waals surface area contributed by atoms with Crippen LogP contribution in [0, 0.1) is 5.92 Å². The van der Waals surface area contributed by atoms with Crippen molar-refractivity contribution < 1.29 is 0 Å². The molecule has 0 fully saturated rings. The van der Waals surface area contributed by atoms with Gasteiger partial charge in [-0.2, -0.15) is 0 Å². The second kappa shape index (κ2) is 4.75. The molecule has 0 aromatic rings. The van der Waals surface area contributed by atoms with Crippen molar-refractivity contribution in [1.29, 1.82) is 0 Å². The van der Waals surface area contributed by atoms with Gasteiger partial charge in [-0.3, -0.25) is 0 Å². The van der Waals surface area contributed by atoms with Crippen molar-refractivity contribution in [2.24, 2.45) is 10.9 Å². The Balaban J connectivity index is 4.77. The molecule has 0 spiro atoms. The van der Waals surface area contributed by atoms with E-state index < -0.39 is 16.1 Å². The lowest BCUT2D eigenvalue weighted by atomic mass is 10.3. The first kappa shape index (κ1) is 14.1. The van der Waals surface area contributed by atoms with Crippen LogP contribution in [-0.4, -0.2) is 27.7 Å². The van der Waals surface area contributed by atoms with E-state index in [1.54, 1.807) is 0 Å².